The maximum Gasteiger partial charge on any atom is 0.296 e. The van der Waals surface area contributed by atoms with Crippen LogP contribution < -0.4 is 0 Å². The van der Waals surface area contributed by atoms with E-state index in [-0.39, 0.29) is 54.3 Å². The molecule has 326 valence electrons. The first-order valence-corrected chi connectivity index (χ1v) is 21.5. The Bertz CT molecular complexity index is 1420. The molecule has 2 aliphatic heterocycles. The second-order valence-corrected chi connectivity index (χ2v) is 17.9. The van der Waals surface area contributed by atoms with Crippen LogP contribution in [-0.2, 0) is 38.1 Å². The molecule has 0 bridgehead atoms. The van der Waals surface area contributed by atoms with Gasteiger partial charge in [0.25, 0.3) is 11.7 Å². The topological polar surface area (TPSA) is 169 Å². The highest BCUT2D eigenvalue weighted by atomic mass is 35.5. The van der Waals surface area contributed by atoms with Gasteiger partial charge in [-0.1, -0.05) is 45.4 Å². The highest BCUT2D eigenvalue weighted by Crippen LogP contribution is 2.39. The summed E-state index contributed by atoms with van der Waals surface area (Å²) in [6.07, 6.45) is 6.24. The molecule has 12 nitrogen and oxygen atoms in total. The van der Waals surface area contributed by atoms with Crippen molar-refractivity contribution >= 4 is 34.9 Å². The Morgan fingerprint density at radius 2 is 1.63 bits per heavy atom. The largest absolute Gasteiger partial charge is 0.392 e. The number of Topliss-reactive ketones (excluding diaryl/α,β-unsaturated/α-hetero) is 3. The number of allylic oxidation sites excluding steroid dienone is 3. The molecule has 13 heteroatoms. The van der Waals surface area contributed by atoms with Gasteiger partial charge in [-0.25, -0.2) is 0 Å². The zero-order valence-corrected chi connectivity index (χ0v) is 36.8. The summed E-state index contributed by atoms with van der Waals surface area (Å²) in [5, 5.41) is 33.9. The van der Waals surface area contributed by atoms with Gasteiger partial charge < -0.3 is 39.2 Å². The van der Waals surface area contributed by atoms with E-state index in [1.807, 2.05) is 33.8 Å². The molecule has 3 fully saturated rings. The van der Waals surface area contributed by atoms with Gasteiger partial charge in [-0.3, -0.25) is 19.2 Å². The summed E-state index contributed by atoms with van der Waals surface area (Å²) in [4.78, 5) is 54.3. The summed E-state index contributed by atoms with van der Waals surface area (Å²) in [5.41, 5.74) is 1.75. The average molecular weight is 827 g/mol. The number of carbonyl (C=O) groups is 4. The number of carbonyl (C=O) groups excluding carboxylic acids is 4. The minimum Gasteiger partial charge on any atom is -0.392 e. The third-order valence-corrected chi connectivity index (χ3v) is 13.3. The number of ether oxygens (including phenoxy) is 4. The third kappa shape index (κ3) is 12.7. The van der Waals surface area contributed by atoms with Crippen molar-refractivity contribution in [2.45, 2.75) is 173 Å². The minimum absolute atomic E-state index is 0.0172. The molecule has 14 atom stereocenters. The Kier molecular flexibility index (Phi) is 19.5. The van der Waals surface area contributed by atoms with Crippen LogP contribution >= 0.6 is 11.6 Å². The summed E-state index contributed by atoms with van der Waals surface area (Å²) < 4.78 is 23.4. The molecule has 3 N–H and O–H groups in total. The number of rotatable bonds is 20. The summed E-state index contributed by atoms with van der Waals surface area (Å²) in [6.45, 7) is 12.9. The van der Waals surface area contributed by atoms with Gasteiger partial charge in [-0.05, 0) is 102 Å². The van der Waals surface area contributed by atoms with Gasteiger partial charge >= 0.3 is 0 Å². The van der Waals surface area contributed by atoms with E-state index in [4.69, 9.17) is 30.5 Å². The van der Waals surface area contributed by atoms with Crippen molar-refractivity contribution in [1.29, 1.82) is 0 Å². The molecular weight excluding hydrogens is 754 g/mol. The SMILES string of the molecule is CC[C@H](C=C(C)C[C@H](C)C[C@H](OC)[C@H]1O[C@@](O)(C(=O)C(=O)N2CCCC[C@H]2C(C)=O)[C@H](C)C[C@@H]1OC)C(=O)C[C@H](O)[C@@H](C)[C@H](O)C(C)=C[C@@H]1CC[C@H](Cl)[C@H](OC)C1. The zero-order chi connectivity index (χ0) is 42.8. The Morgan fingerprint density at radius 3 is 2.23 bits per heavy atom. The maximum absolute atomic E-state index is 13.7. The van der Waals surface area contributed by atoms with Crippen LogP contribution in [0.5, 0.6) is 0 Å². The highest BCUT2D eigenvalue weighted by molar-refractivity contribution is 6.39. The number of likely N-dealkylation sites (tertiary alicyclic amines) is 1. The number of nitrogens with zero attached hydrogens (tertiary/aromatic N) is 1. The lowest BCUT2D eigenvalue weighted by atomic mass is 9.81. The van der Waals surface area contributed by atoms with Crippen LogP contribution in [0.2, 0.25) is 0 Å². The van der Waals surface area contributed by atoms with E-state index < -0.39 is 71.8 Å². The van der Waals surface area contributed by atoms with Crippen LogP contribution in [0, 0.1) is 29.6 Å². The fourth-order valence-electron chi connectivity index (χ4n) is 9.15. The van der Waals surface area contributed by atoms with Gasteiger partial charge in [0.1, 0.15) is 11.9 Å². The van der Waals surface area contributed by atoms with Crippen molar-refractivity contribution in [2.75, 3.05) is 27.9 Å². The van der Waals surface area contributed by atoms with Crippen LogP contribution in [0.4, 0.5) is 0 Å². The monoisotopic (exact) mass is 825 g/mol. The van der Waals surface area contributed by atoms with E-state index >= 15 is 0 Å². The van der Waals surface area contributed by atoms with Crippen molar-refractivity contribution in [1.82, 2.24) is 4.90 Å². The first-order valence-electron chi connectivity index (χ1n) is 21.1. The lowest BCUT2D eigenvalue weighted by Crippen LogP contribution is -2.64. The number of methoxy groups -OCH3 is 3. The number of alkyl halides is 1. The van der Waals surface area contributed by atoms with Crippen molar-refractivity contribution in [3.63, 3.8) is 0 Å². The molecule has 0 radical (unpaired) electrons. The number of piperidine rings is 1. The smallest absolute Gasteiger partial charge is 0.296 e. The molecule has 0 spiro atoms. The molecule has 1 amide bonds. The van der Waals surface area contributed by atoms with Crippen LogP contribution in [0.15, 0.2) is 23.3 Å². The predicted octanol–water partition coefficient (Wildman–Crippen LogP) is 5.74. The molecule has 57 heavy (non-hydrogen) atoms. The molecule has 2 saturated heterocycles. The summed E-state index contributed by atoms with van der Waals surface area (Å²) in [5.74, 6) is -6.22. The van der Waals surface area contributed by atoms with E-state index in [0.717, 1.165) is 36.8 Å². The van der Waals surface area contributed by atoms with Crippen molar-refractivity contribution < 1.29 is 53.4 Å². The number of amides is 1. The van der Waals surface area contributed by atoms with Crippen molar-refractivity contribution in [3.8, 4) is 0 Å². The molecule has 0 aromatic rings. The molecule has 0 unspecified atom stereocenters. The average Bonchev–Trinajstić information content (AvgIpc) is 3.19. The Hall–Kier alpha value is -2.03. The number of hydrogen-bond acceptors (Lipinski definition) is 11. The number of halogens is 1. The molecule has 1 aliphatic carbocycles. The number of aliphatic hydroxyl groups is 3. The molecule has 1 saturated carbocycles. The van der Waals surface area contributed by atoms with Gasteiger partial charge in [0, 0.05) is 52.0 Å². The normalized spacial score (nSPS) is 32.2. The molecular formula is C44H72ClNO11. The second kappa shape index (κ2) is 22.5. The first kappa shape index (κ1) is 49.3. The first-order chi connectivity index (χ1) is 26.8. The molecule has 2 heterocycles. The molecule has 3 aliphatic rings. The number of hydrogen-bond donors (Lipinski definition) is 3. The summed E-state index contributed by atoms with van der Waals surface area (Å²) in [6, 6.07) is -0.707. The quantitative estimate of drug-likeness (QED) is 0.0778. The fraction of sp³-hybridized carbons (Fsp3) is 0.818. The maximum atomic E-state index is 13.7. The van der Waals surface area contributed by atoms with E-state index in [1.54, 1.807) is 21.0 Å². The third-order valence-electron chi connectivity index (χ3n) is 12.8. The van der Waals surface area contributed by atoms with Crippen molar-refractivity contribution in [3.05, 3.63) is 23.3 Å². The van der Waals surface area contributed by atoms with E-state index in [2.05, 4.69) is 6.08 Å². The van der Waals surface area contributed by atoms with Gasteiger partial charge in [-0.15, -0.1) is 11.6 Å². The van der Waals surface area contributed by atoms with Gasteiger partial charge in [0.15, 0.2) is 5.78 Å². The molecule has 0 aromatic heterocycles. The Morgan fingerprint density at radius 1 is 0.965 bits per heavy atom. The van der Waals surface area contributed by atoms with Crippen molar-refractivity contribution in [2.24, 2.45) is 29.6 Å². The van der Waals surface area contributed by atoms with E-state index in [1.165, 1.54) is 26.0 Å². The summed E-state index contributed by atoms with van der Waals surface area (Å²) in [7, 11) is 4.72. The second-order valence-electron chi connectivity index (χ2n) is 17.3. The Balaban J connectivity index is 1.64. The Labute approximate surface area is 346 Å². The lowest BCUT2D eigenvalue weighted by Gasteiger charge is -2.47. The number of aliphatic hydroxyl groups excluding tert-OH is 2. The van der Waals surface area contributed by atoms with Gasteiger partial charge in [0.2, 0.25) is 5.79 Å². The highest BCUT2D eigenvalue weighted by Gasteiger charge is 2.56. The zero-order valence-electron chi connectivity index (χ0n) is 36.1. The minimum atomic E-state index is -2.43. The fourth-order valence-corrected chi connectivity index (χ4v) is 9.48. The van der Waals surface area contributed by atoms with Gasteiger partial charge in [0.05, 0.1) is 41.9 Å². The van der Waals surface area contributed by atoms with Crippen LogP contribution in [0.25, 0.3) is 0 Å². The van der Waals surface area contributed by atoms with Crippen LogP contribution in [0.1, 0.15) is 119 Å². The van der Waals surface area contributed by atoms with E-state index in [0.29, 0.717) is 32.1 Å². The van der Waals surface area contributed by atoms with Gasteiger partial charge in [-0.2, -0.15) is 0 Å². The standard InChI is InChI=1S/C44H72ClNO11/c1-11-32(36(49)24-35(48)29(6)40(50)27(4)21-31-15-16-33(45)37(23-31)54-8)19-25(2)18-26(3)20-38(55-9)41-39(56-10)22-28(5)44(53,57-41)42(51)43(52)46-17-13-12-14-34(46)30(7)47/h19,21,26,28-29,31-35,37-41,48,50,53H,11-18,20,22-24H2,1-10H3/t26-,28+,29+,31-,32+,33-,34-,35-,37+,38-,39-,40+,41+,44+/m0/s1. The van der Waals surface area contributed by atoms with Crippen LogP contribution in [0.3, 0.4) is 0 Å². The molecule has 3 rings (SSSR count). The summed E-state index contributed by atoms with van der Waals surface area (Å²) >= 11 is 6.39. The number of ketones is 3. The van der Waals surface area contributed by atoms with Crippen LogP contribution in [-0.4, -0.2) is 125 Å². The predicted molar refractivity (Wildman–Crippen MR) is 219 cm³/mol. The molecule has 0 aromatic carbocycles. The lowest BCUT2D eigenvalue weighted by molar-refractivity contribution is -0.302. The van der Waals surface area contributed by atoms with E-state index in [9.17, 15) is 34.5 Å².